The second kappa shape index (κ2) is 10.6. The van der Waals surface area contributed by atoms with Crippen LogP contribution >= 0.6 is 21.6 Å². The lowest BCUT2D eigenvalue weighted by Crippen LogP contribution is -2.41. The van der Waals surface area contributed by atoms with E-state index in [1.807, 2.05) is 0 Å². The molecule has 11 heteroatoms. The van der Waals surface area contributed by atoms with Crippen molar-refractivity contribution in [1.82, 2.24) is 0 Å². The maximum atomic E-state index is 14.0. The summed E-state index contributed by atoms with van der Waals surface area (Å²) in [7, 11) is 3.26. The van der Waals surface area contributed by atoms with Crippen molar-refractivity contribution in [3.63, 3.8) is 0 Å². The van der Waals surface area contributed by atoms with Gasteiger partial charge in [0, 0.05) is 40.5 Å². The third-order valence-electron chi connectivity index (χ3n) is 9.14. The molecule has 218 valence electrons. The Morgan fingerprint density at radius 2 is 1.88 bits per heavy atom. The molecule has 3 atom stereocenters. The zero-order valence-electron chi connectivity index (χ0n) is 23.1. The van der Waals surface area contributed by atoms with Crippen LogP contribution in [0.15, 0.2) is 20.3 Å². The monoisotopic (exact) mass is 589 g/mol. The smallest absolute Gasteiger partial charge is 0.196 e. The van der Waals surface area contributed by atoms with E-state index in [-0.39, 0.29) is 29.3 Å². The minimum Gasteiger partial charge on any atom is -0.489 e. The van der Waals surface area contributed by atoms with Gasteiger partial charge >= 0.3 is 0 Å². The Hall–Kier alpha value is -2.08. The first kappa shape index (κ1) is 28.1. The van der Waals surface area contributed by atoms with E-state index >= 15 is 0 Å². The van der Waals surface area contributed by atoms with Crippen molar-refractivity contribution < 1.29 is 24.1 Å². The molecule has 1 aromatic heterocycles. The van der Waals surface area contributed by atoms with Gasteiger partial charge in [0.05, 0.1) is 17.7 Å². The molecule has 0 radical (unpaired) electrons. The van der Waals surface area contributed by atoms with E-state index in [0.29, 0.717) is 40.4 Å². The highest BCUT2D eigenvalue weighted by Gasteiger charge is 2.49. The van der Waals surface area contributed by atoms with Crippen molar-refractivity contribution in [2.75, 3.05) is 5.75 Å². The van der Waals surface area contributed by atoms with Crippen molar-refractivity contribution in [2.45, 2.75) is 107 Å². The fraction of sp³-hybridized carbons (Fsp3) is 0.655. The van der Waals surface area contributed by atoms with Crippen LogP contribution in [0.4, 0.5) is 0 Å². The van der Waals surface area contributed by atoms with E-state index in [9.17, 15) is 15.0 Å². The number of hydrogen-bond acceptors (Lipinski definition) is 9. The number of rotatable bonds is 4. The van der Waals surface area contributed by atoms with Gasteiger partial charge < -0.3 is 35.6 Å². The van der Waals surface area contributed by atoms with Gasteiger partial charge in [-0.25, -0.2) is 4.99 Å². The predicted octanol–water partition coefficient (Wildman–Crippen LogP) is 4.32. The Kier molecular flexibility index (Phi) is 7.46. The molecule has 0 saturated heterocycles. The van der Waals surface area contributed by atoms with Crippen LogP contribution in [0.1, 0.15) is 88.2 Å². The fourth-order valence-corrected chi connectivity index (χ4v) is 9.34. The van der Waals surface area contributed by atoms with Crippen LogP contribution in [0.3, 0.4) is 0 Å². The standard InChI is InChI=1S/C29H39N3O6S2/c1-28(2,35)21-11-16-23(38-21)17-13-39-40-14-20(32-27(30)31)29(9-5-6-10-29)26(34)19-12-18(33)22(25(17)37-19)24(16)36-15-7-3-4-8-15/h12,15,20-21,26,34-35H,3-11,13-14H2,1-2H3,(H4,30,31,32)/t20-,21-,26-/m1/s1. The van der Waals surface area contributed by atoms with E-state index in [2.05, 4.69) is 4.99 Å². The van der Waals surface area contributed by atoms with Crippen molar-refractivity contribution in [3.05, 3.63) is 33.2 Å². The molecule has 4 aliphatic rings. The van der Waals surface area contributed by atoms with E-state index in [1.54, 1.807) is 35.4 Å². The molecule has 0 amide bonds. The SMILES string of the molecule is CC(C)(O)[C@H]1Cc2c(c3c4oc(cc(=O)c4c2OC2CCCC2)[C@@H](O)C2(CCCC2)[C@H](N=C(N)N)CSSC3)O1. The van der Waals surface area contributed by atoms with E-state index in [4.69, 9.17) is 25.4 Å². The first-order valence-corrected chi connectivity index (χ1v) is 16.8. The molecule has 3 heterocycles. The highest BCUT2D eigenvalue weighted by molar-refractivity contribution is 8.76. The third-order valence-corrected chi connectivity index (χ3v) is 11.4. The Balaban J connectivity index is 1.57. The molecule has 1 aromatic carbocycles. The summed E-state index contributed by atoms with van der Waals surface area (Å²) in [5, 5.41) is 23.2. The van der Waals surface area contributed by atoms with Crippen LogP contribution in [-0.4, -0.2) is 45.8 Å². The van der Waals surface area contributed by atoms with Crippen LogP contribution in [0.5, 0.6) is 11.5 Å². The molecule has 6 rings (SSSR count). The van der Waals surface area contributed by atoms with E-state index in [0.717, 1.165) is 62.5 Å². The first-order valence-electron chi connectivity index (χ1n) is 14.3. The topological polar surface area (TPSA) is 154 Å². The van der Waals surface area contributed by atoms with E-state index < -0.39 is 23.2 Å². The zero-order chi connectivity index (χ0) is 28.2. The molecular weight excluding hydrogens is 550 g/mol. The summed E-state index contributed by atoms with van der Waals surface area (Å²) >= 11 is 0. The summed E-state index contributed by atoms with van der Waals surface area (Å²) in [6.45, 7) is 3.46. The number of aliphatic hydroxyl groups excluding tert-OH is 1. The Labute approximate surface area is 241 Å². The highest BCUT2D eigenvalue weighted by Crippen LogP contribution is 2.55. The predicted molar refractivity (Wildman–Crippen MR) is 159 cm³/mol. The summed E-state index contributed by atoms with van der Waals surface area (Å²) in [6.07, 6.45) is 6.25. The highest BCUT2D eigenvalue weighted by atomic mass is 33.1. The summed E-state index contributed by atoms with van der Waals surface area (Å²) in [6, 6.07) is 1.09. The zero-order valence-corrected chi connectivity index (χ0v) is 24.7. The van der Waals surface area contributed by atoms with Crippen LogP contribution in [0.2, 0.25) is 0 Å². The number of benzene rings is 1. The maximum absolute atomic E-state index is 14.0. The minimum absolute atomic E-state index is 0.0121. The van der Waals surface area contributed by atoms with Crippen LogP contribution < -0.4 is 26.4 Å². The van der Waals surface area contributed by atoms with Gasteiger partial charge in [0.1, 0.15) is 40.4 Å². The van der Waals surface area contributed by atoms with Gasteiger partial charge in [-0.3, -0.25) is 4.79 Å². The number of hydrogen-bond donors (Lipinski definition) is 4. The van der Waals surface area contributed by atoms with Crippen LogP contribution in [0, 0.1) is 5.41 Å². The van der Waals surface area contributed by atoms with Gasteiger partial charge in [-0.1, -0.05) is 34.4 Å². The molecule has 2 bridgehead atoms. The lowest BCUT2D eigenvalue weighted by Gasteiger charge is -2.38. The average Bonchev–Trinajstić information content (AvgIpc) is 3.66. The molecule has 6 N–H and O–H groups in total. The summed E-state index contributed by atoms with van der Waals surface area (Å²) < 4.78 is 19.6. The Bertz CT molecular complexity index is 1370. The van der Waals surface area contributed by atoms with Crippen LogP contribution in [0.25, 0.3) is 11.0 Å². The molecule has 0 unspecified atom stereocenters. The van der Waals surface area contributed by atoms with Crippen LogP contribution in [-0.2, 0) is 12.2 Å². The molecule has 40 heavy (non-hydrogen) atoms. The van der Waals surface area contributed by atoms with Gasteiger partial charge in [-0.15, -0.1) is 0 Å². The Morgan fingerprint density at radius 3 is 2.55 bits per heavy atom. The number of aliphatic hydroxyl groups is 2. The van der Waals surface area contributed by atoms with Gasteiger partial charge in [0.15, 0.2) is 11.4 Å². The molecular formula is C29H39N3O6S2. The lowest BCUT2D eigenvalue weighted by molar-refractivity contribution is -0.0232. The summed E-state index contributed by atoms with van der Waals surface area (Å²) in [5.41, 5.74) is 11.7. The first-order chi connectivity index (χ1) is 19.1. The van der Waals surface area contributed by atoms with Crippen molar-refractivity contribution in [1.29, 1.82) is 0 Å². The lowest BCUT2D eigenvalue weighted by atomic mass is 9.73. The quantitative estimate of drug-likeness (QED) is 0.230. The number of guanidine groups is 1. The molecule has 2 aliphatic carbocycles. The van der Waals surface area contributed by atoms with Gasteiger partial charge in [-0.2, -0.15) is 0 Å². The Morgan fingerprint density at radius 1 is 1.15 bits per heavy atom. The van der Waals surface area contributed by atoms with E-state index in [1.165, 1.54) is 6.07 Å². The van der Waals surface area contributed by atoms with Gasteiger partial charge in [0.2, 0.25) is 0 Å². The number of nitrogens with zero attached hydrogens (tertiary/aromatic N) is 1. The molecule has 2 aromatic rings. The molecule has 2 saturated carbocycles. The fourth-order valence-electron chi connectivity index (χ4n) is 6.97. The minimum atomic E-state index is -1.10. The molecule has 9 nitrogen and oxygen atoms in total. The third kappa shape index (κ3) is 4.86. The number of fused-ring (bicyclic) bond motifs is 3. The second-order valence-electron chi connectivity index (χ2n) is 12.3. The van der Waals surface area contributed by atoms with Crippen molar-refractivity contribution in [2.24, 2.45) is 21.9 Å². The molecule has 2 aliphatic heterocycles. The average molecular weight is 590 g/mol. The number of ether oxygens (including phenoxy) is 2. The molecule has 1 spiro atoms. The van der Waals surface area contributed by atoms with Crippen molar-refractivity contribution in [3.8, 4) is 11.5 Å². The second-order valence-corrected chi connectivity index (χ2v) is 14.8. The normalized spacial score (nSPS) is 26.6. The largest absolute Gasteiger partial charge is 0.489 e. The summed E-state index contributed by atoms with van der Waals surface area (Å²) in [4.78, 5) is 18.6. The number of aliphatic imine (C=N–C) groups is 1. The number of nitrogens with two attached hydrogens (primary N) is 2. The molecule has 2 fully saturated rings. The maximum Gasteiger partial charge on any atom is 0.196 e. The van der Waals surface area contributed by atoms with Gasteiger partial charge in [0.25, 0.3) is 0 Å². The van der Waals surface area contributed by atoms with Crippen molar-refractivity contribution >= 4 is 38.5 Å². The summed E-state index contributed by atoms with van der Waals surface area (Å²) in [5.74, 6) is 2.42. The van der Waals surface area contributed by atoms with Gasteiger partial charge in [-0.05, 0) is 52.4 Å².